The molecule has 1 amide bonds. The summed E-state index contributed by atoms with van der Waals surface area (Å²) in [7, 11) is 0. The summed E-state index contributed by atoms with van der Waals surface area (Å²) in [6.45, 7) is 4.64. The minimum absolute atomic E-state index is 0.162. The first kappa shape index (κ1) is 21.4. The minimum atomic E-state index is 0.162. The summed E-state index contributed by atoms with van der Waals surface area (Å²) in [5.74, 6) is 2.55. The molecule has 0 radical (unpaired) electrons. The lowest BCUT2D eigenvalue weighted by Crippen LogP contribution is -2.47. The number of ether oxygens (including phenoxy) is 2. The zero-order valence-corrected chi connectivity index (χ0v) is 19.4. The highest BCUT2D eigenvalue weighted by molar-refractivity contribution is 5.89. The van der Waals surface area contributed by atoms with Gasteiger partial charge in [0.1, 0.15) is 17.6 Å². The first-order valence-electron chi connectivity index (χ1n) is 12.4. The molecule has 0 N–H and O–H groups in total. The second kappa shape index (κ2) is 9.22. The fourth-order valence-electron chi connectivity index (χ4n) is 5.49. The number of allylic oxidation sites excluding steroid dienone is 1. The van der Waals surface area contributed by atoms with Crippen LogP contribution in [0.15, 0.2) is 47.6 Å². The number of pyridine rings is 1. The zero-order chi connectivity index (χ0) is 22.9. The first-order chi connectivity index (χ1) is 16.7. The predicted molar refractivity (Wildman–Crippen MR) is 131 cm³/mol. The maximum Gasteiger partial charge on any atom is 0.222 e. The summed E-state index contributed by atoms with van der Waals surface area (Å²) in [4.78, 5) is 25.3. The molecule has 1 atom stereocenters. The number of aromatic nitrogens is 1. The van der Waals surface area contributed by atoms with E-state index in [-0.39, 0.29) is 6.10 Å². The molecule has 7 nitrogen and oxygen atoms in total. The molecule has 1 aromatic heterocycles. The van der Waals surface area contributed by atoms with E-state index in [1.54, 1.807) is 0 Å². The van der Waals surface area contributed by atoms with E-state index in [1.807, 2.05) is 42.8 Å². The van der Waals surface area contributed by atoms with Crippen molar-refractivity contribution in [2.75, 3.05) is 32.7 Å². The van der Waals surface area contributed by atoms with Crippen LogP contribution >= 0.6 is 0 Å². The summed E-state index contributed by atoms with van der Waals surface area (Å²) < 4.78 is 12.3. The summed E-state index contributed by atoms with van der Waals surface area (Å²) >= 11 is 0. The normalized spacial score (nSPS) is 22.7. The minimum Gasteiger partial charge on any atom is -0.488 e. The zero-order valence-electron chi connectivity index (χ0n) is 19.4. The Morgan fingerprint density at radius 1 is 1.12 bits per heavy atom. The summed E-state index contributed by atoms with van der Waals surface area (Å²) in [6, 6.07) is 10.4. The molecule has 0 aliphatic carbocycles. The third kappa shape index (κ3) is 4.44. The van der Waals surface area contributed by atoms with Crippen LogP contribution < -0.4 is 9.47 Å². The van der Waals surface area contributed by atoms with E-state index in [2.05, 4.69) is 25.8 Å². The number of likely N-dealkylation sites (tertiary alicyclic amines) is 2. The maximum atomic E-state index is 12.0. The Kier molecular flexibility index (Phi) is 5.79. The molecule has 2 fully saturated rings. The highest BCUT2D eigenvalue weighted by Crippen LogP contribution is 2.34. The largest absolute Gasteiger partial charge is 0.488 e. The van der Waals surface area contributed by atoms with Gasteiger partial charge < -0.3 is 14.4 Å². The molecule has 5 heterocycles. The van der Waals surface area contributed by atoms with Crippen LogP contribution in [0.2, 0.25) is 0 Å². The first-order valence-corrected chi connectivity index (χ1v) is 12.4. The van der Waals surface area contributed by atoms with Gasteiger partial charge in [0.15, 0.2) is 0 Å². The molecule has 4 aliphatic heterocycles. The number of nitrogens with zero attached hydrogens (tertiary/aromatic N) is 4. The molecule has 0 unspecified atom stereocenters. The highest BCUT2D eigenvalue weighted by atomic mass is 16.5. The quantitative estimate of drug-likeness (QED) is 0.660. The molecule has 6 rings (SSSR count). The Bertz CT molecular complexity index is 1120. The van der Waals surface area contributed by atoms with Crippen molar-refractivity contribution in [2.45, 2.75) is 44.2 Å². The van der Waals surface area contributed by atoms with Gasteiger partial charge in [-0.1, -0.05) is 6.07 Å². The van der Waals surface area contributed by atoms with Gasteiger partial charge in [0, 0.05) is 69.6 Å². The molecule has 176 valence electrons. The van der Waals surface area contributed by atoms with Crippen LogP contribution in [0.1, 0.15) is 36.8 Å². The van der Waals surface area contributed by atoms with Gasteiger partial charge >= 0.3 is 0 Å². The Labute approximate surface area is 200 Å². The van der Waals surface area contributed by atoms with Crippen molar-refractivity contribution in [1.82, 2.24) is 14.8 Å². The number of fused-ring (bicyclic) bond motifs is 1. The van der Waals surface area contributed by atoms with Gasteiger partial charge in [-0.2, -0.15) is 0 Å². The number of hydrogen-bond donors (Lipinski definition) is 0. The SMILES string of the molecule is O=C1CCCN1C1CCN(C[C@H]2Cc3ccc(Oc4ccc(C5=CC=NC5)cn4)cc3O2)CC1. The van der Waals surface area contributed by atoms with Crippen LogP contribution in [0.5, 0.6) is 17.4 Å². The Hall–Kier alpha value is -3.19. The van der Waals surface area contributed by atoms with Gasteiger partial charge in [-0.25, -0.2) is 4.98 Å². The molecular weight excluding hydrogens is 428 g/mol. The molecule has 7 heteroatoms. The molecule has 0 bridgehead atoms. The van der Waals surface area contributed by atoms with Gasteiger partial charge in [-0.05, 0) is 54.2 Å². The van der Waals surface area contributed by atoms with Crippen molar-refractivity contribution < 1.29 is 14.3 Å². The van der Waals surface area contributed by atoms with Crippen molar-refractivity contribution in [3.63, 3.8) is 0 Å². The lowest BCUT2D eigenvalue weighted by Gasteiger charge is -2.37. The van der Waals surface area contributed by atoms with Crippen LogP contribution in [0.25, 0.3) is 5.57 Å². The lowest BCUT2D eigenvalue weighted by molar-refractivity contribution is -0.130. The topological polar surface area (TPSA) is 67.3 Å². The summed E-state index contributed by atoms with van der Waals surface area (Å²) in [5, 5.41) is 0. The predicted octanol–water partition coefficient (Wildman–Crippen LogP) is 3.73. The fourth-order valence-corrected chi connectivity index (χ4v) is 5.49. The molecule has 0 spiro atoms. The van der Waals surface area contributed by atoms with E-state index in [0.717, 1.165) is 75.3 Å². The standard InChI is InChI=1S/C27H30N4O3/c32-27-2-1-11-31(27)22-8-12-30(13-9-22)18-24-14-19-3-5-23(15-25(19)33-24)34-26-6-4-20(17-29-26)21-7-10-28-16-21/h3-7,10,15,17,22,24H,1-2,8-9,11-14,16,18H2/t24-/m1/s1. The van der Waals surface area contributed by atoms with Gasteiger partial charge in [0.25, 0.3) is 0 Å². The lowest BCUT2D eigenvalue weighted by atomic mass is 10.0. The Morgan fingerprint density at radius 2 is 2.03 bits per heavy atom. The van der Waals surface area contributed by atoms with Crippen LogP contribution in [-0.4, -0.2) is 71.8 Å². The molecule has 4 aliphatic rings. The van der Waals surface area contributed by atoms with Crippen LogP contribution in [0, 0.1) is 0 Å². The second-order valence-electron chi connectivity index (χ2n) is 9.60. The number of amides is 1. The number of piperidine rings is 1. The third-order valence-corrected chi connectivity index (χ3v) is 7.32. The smallest absolute Gasteiger partial charge is 0.222 e. The van der Waals surface area contributed by atoms with E-state index >= 15 is 0 Å². The average molecular weight is 459 g/mol. The molecule has 34 heavy (non-hydrogen) atoms. The van der Waals surface area contributed by atoms with Gasteiger partial charge in [0.2, 0.25) is 11.8 Å². The second-order valence-corrected chi connectivity index (χ2v) is 9.60. The molecule has 1 aromatic carbocycles. The number of rotatable bonds is 6. The van der Waals surface area contributed by atoms with Gasteiger partial charge in [0.05, 0.1) is 6.54 Å². The monoisotopic (exact) mass is 458 g/mol. The Balaban J connectivity index is 1.02. The van der Waals surface area contributed by atoms with Crippen molar-refractivity contribution in [3.05, 3.63) is 53.7 Å². The van der Waals surface area contributed by atoms with Crippen LogP contribution in [0.4, 0.5) is 0 Å². The molecular formula is C27H30N4O3. The van der Waals surface area contributed by atoms with E-state index in [0.29, 0.717) is 24.4 Å². The highest BCUT2D eigenvalue weighted by Gasteiger charge is 2.32. The Morgan fingerprint density at radius 3 is 2.76 bits per heavy atom. The van der Waals surface area contributed by atoms with E-state index in [4.69, 9.17) is 9.47 Å². The van der Waals surface area contributed by atoms with Crippen LogP contribution in [-0.2, 0) is 11.2 Å². The van der Waals surface area contributed by atoms with E-state index in [1.165, 1.54) is 11.1 Å². The fraction of sp³-hybridized carbons (Fsp3) is 0.444. The number of carbonyl (C=O) groups excluding carboxylic acids is 1. The van der Waals surface area contributed by atoms with Gasteiger partial charge in [-0.15, -0.1) is 0 Å². The number of benzene rings is 1. The van der Waals surface area contributed by atoms with Crippen molar-refractivity contribution in [3.8, 4) is 17.4 Å². The van der Waals surface area contributed by atoms with Crippen LogP contribution in [0.3, 0.4) is 0 Å². The summed E-state index contributed by atoms with van der Waals surface area (Å²) in [5.41, 5.74) is 3.47. The molecule has 0 saturated carbocycles. The van der Waals surface area contributed by atoms with Crippen molar-refractivity contribution >= 4 is 17.7 Å². The van der Waals surface area contributed by atoms with E-state index < -0.39 is 0 Å². The molecule has 2 saturated heterocycles. The molecule has 2 aromatic rings. The summed E-state index contributed by atoms with van der Waals surface area (Å²) in [6.07, 6.45) is 10.7. The third-order valence-electron chi connectivity index (χ3n) is 7.32. The number of aliphatic imine (C=N–C) groups is 1. The number of hydrogen-bond acceptors (Lipinski definition) is 6. The van der Waals surface area contributed by atoms with E-state index in [9.17, 15) is 4.79 Å². The van der Waals surface area contributed by atoms with Gasteiger partial charge in [-0.3, -0.25) is 14.7 Å². The van der Waals surface area contributed by atoms with Crippen molar-refractivity contribution in [1.29, 1.82) is 0 Å². The van der Waals surface area contributed by atoms with Crippen molar-refractivity contribution in [2.24, 2.45) is 4.99 Å². The number of carbonyl (C=O) groups is 1. The maximum absolute atomic E-state index is 12.0. The average Bonchev–Trinajstić information content (AvgIpc) is 3.61.